The Bertz CT molecular complexity index is 476. The van der Waals surface area contributed by atoms with Gasteiger partial charge in [0.15, 0.2) is 0 Å². The lowest BCUT2D eigenvalue weighted by atomic mass is 9.77. The molecule has 0 spiro atoms. The van der Waals surface area contributed by atoms with Crippen LogP contribution in [0, 0.1) is 17.7 Å². The van der Waals surface area contributed by atoms with Crippen molar-refractivity contribution in [3.63, 3.8) is 0 Å². The van der Waals surface area contributed by atoms with Crippen molar-refractivity contribution >= 4 is 0 Å². The molecule has 1 N–H and O–H groups in total. The minimum absolute atomic E-state index is 0.154. The summed E-state index contributed by atoms with van der Waals surface area (Å²) >= 11 is 0. The SMILES string of the molecule is CNC(c1ccc(F)c(C(F)(F)F)c1)C1CCC(C)CC1. The standard InChI is InChI=1S/C16H21F4N/c1-10-3-5-11(6-4-10)15(21-2)12-7-8-14(17)13(9-12)16(18,19)20/h7-11,15,21H,3-6H2,1-2H3. The van der Waals surface area contributed by atoms with Crippen molar-refractivity contribution in [2.24, 2.45) is 11.8 Å². The fraction of sp³-hybridized carbons (Fsp3) is 0.625. The third-order valence-corrected chi connectivity index (χ3v) is 4.50. The molecule has 1 saturated carbocycles. The summed E-state index contributed by atoms with van der Waals surface area (Å²) in [5.74, 6) is -0.228. The van der Waals surface area contributed by atoms with Crippen LogP contribution in [-0.4, -0.2) is 7.05 Å². The summed E-state index contributed by atoms with van der Waals surface area (Å²) in [5.41, 5.74) is -0.657. The van der Waals surface area contributed by atoms with Crippen LogP contribution in [0.15, 0.2) is 18.2 Å². The summed E-state index contributed by atoms with van der Waals surface area (Å²) in [6.45, 7) is 2.20. The van der Waals surface area contributed by atoms with Crippen molar-refractivity contribution in [3.8, 4) is 0 Å². The van der Waals surface area contributed by atoms with Gasteiger partial charge in [-0.2, -0.15) is 13.2 Å². The Morgan fingerprint density at radius 3 is 2.29 bits per heavy atom. The summed E-state index contributed by atoms with van der Waals surface area (Å²) in [7, 11) is 1.75. The first-order valence-electron chi connectivity index (χ1n) is 7.36. The van der Waals surface area contributed by atoms with Crippen LogP contribution in [-0.2, 0) is 6.18 Å². The molecule has 0 heterocycles. The van der Waals surface area contributed by atoms with Crippen molar-refractivity contribution in [1.82, 2.24) is 5.32 Å². The van der Waals surface area contributed by atoms with E-state index in [9.17, 15) is 17.6 Å². The minimum Gasteiger partial charge on any atom is -0.313 e. The summed E-state index contributed by atoms with van der Waals surface area (Å²) in [5, 5.41) is 3.11. The average Bonchev–Trinajstić information content (AvgIpc) is 2.42. The van der Waals surface area contributed by atoms with Gasteiger partial charge in [-0.3, -0.25) is 0 Å². The maximum Gasteiger partial charge on any atom is 0.419 e. The fourth-order valence-electron chi connectivity index (χ4n) is 3.25. The van der Waals surface area contributed by atoms with Gasteiger partial charge in [-0.1, -0.05) is 25.8 Å². The lowest BCUT2D eigenvalue weighted by molar-refractivity contribution is -0.140. The molecule has 118 valence electrons. The number of alkyl halides is 3. The molecular weight excluding hydrogens is 282 g/mol. The monoisotopic (exact) mass is 303 g/mol. The van der Waals surface area contributed by atoms with Crippen molar-refractivity contribution in [3.05, 3.63) is 35.1 Å². The summed E-state index contributed by atoms with van der Waals surface area (Å²) in [6, 6.07) is 3.19. The second kappa shape index (κ2) is 6.34. The first-order valence-corrected chi connectivity index (χ1v) is 7.36. The highest BCUT2D eigenvalue weighted by atomic mass is 19.4. The summed E-state index contributed by atoms with van der Waals surface area (Å²) < 4.78 is 51.9. The predicted molar refractivity (Wildman–Crippen MR) is 74.3 cm³/mol. The van der Waals surface area contributed by atoms with E-state index in [1.165, 1.54) is 6.07 Å². The molecule has 1 unspecified atom stereocenters. The minimum atomic E-state index is -4.65. The van der Waals surface area contributed by atoms with Gasteiger partial charge in [0, 0.05) is 6.04 Å². The van der Waals surface area contributed by atoms with Crippen molar-refractivity contribution < 1.29 is 17.6 Å². The lowest BCUT2D eigenvalue weighted by Gasteiger charge is -2.33. The Balaban J connectivity index is 2.26. The smallest absolute Gasteiger partial charge is 0.313 e. The van der Waals surface area contributed by atoms with Crippen LogP contribution in [0.2, 0.25) is 0 Å². The molecule has 1 fully saturated rings. The number of hydrogen-bond donors (Lipinski definition) is 1. The van der Waals surface area contributed by atoms with Crippen LogP contribution in [0.3, 0.4) is 0 Å². The molecule has 0 aliphatic heterocycles. The van der Waals surface area contributed by atoms with E-state index in [1.54, 1.807) is 7.05 Å². The predicted octanol–water partition coefficient (Wildman–Crippen LogP) is 4.93. The van der Waals surface area contributed by atoms with E-state index in [2.05, 4.69) is 12.2 Å². The normalized spacial score (nSPS) is 24.9. The molecule has 0 radical (unpaired) electrons. The zero-order valence-corrected chi connectivity index (χ0v) is 12.3. The Labute approximate surface area is 122 Å². The molecule has 5 heteroatoms. The van der Waals surface area contributed by atoms with Gasteiger partial charge in [0.05, 0.1) is 5.56 Å². The van der Waals surface area contributed by atoms with Gasteiger partial charge in [0.1, 0.15) is 5.82 Å². The topological polar surface area (TPSA) is 12.0 Å². The lowest BCUT2D eigenvalue weighted by Crippen LogP contribution is -2.28. The highest BCUT2D eigenvalue weighted by molar-refractivity contribution is 5.30. The fourth-order valence-corrected chi connectivity index (χ4v) is 3.25. The van der Waals surface area contributed by atoms with E-state index in [4.69, 9.17) is 0 Å². The quantitative estimate of drug-likeness (QED) is 0.781. The van der Waals surface area contributed by atoms with Crippen LogP contribution in [0.5, 0.6) is 0 Å². The molecule has 1 atom stereocenters. The zero-order chi connectivity index (χ0) is 15.6. The van der Waals surface area contributed by atoms with Gasteiger partial charge < -0.3 is 5.32 Å². The van der Waals surface area contributed by atoms with Crippen LogP contribution in [0.1, 0.15) is 49.8 Å². The molecule has 1 aromatic rings. The molecule has 0 amide bonds. The highest BCUT2D eigenvalue weighted by Gasteiger charge is 2.35. The average molecular weight is 303 g/mol. The zero-order valence-electron chi connectivity index (χ0n) is 12.3. The van der Waals surface area contributed by atoms with Crippen LogP contribution < -0.4 is 5.32 Å². The Morgan fingerprint density at radius 1 is 1.14 bits per heavy atom. The van der Waals surface area contributed by atoms with Gasteiger partial charge in [0.2, 0.25) is 0 Å². The molecule has 2 rings (SSSR count). The third-order valence-electron chi connectivity index (χ3n) is 4.50. The van der Waals surface area contributed by atoms with Gasteiger partial charge in [-0.05, 0) is 49.4 Å². The largest absolute Gasteiger partial charge is 0.419 e. The molecular formula is C16H21F4N. The molecule has 0 aromatic heterocycles. The van der Waals surface area contributed by atoms with Crippen molar-refractivity contribution in [2.45, 2.75) is 44.8 Å². The molecule has 21 heavy (non-hydrogen) atoms. The van der Waals surface area contributed by atoms with E-state index < -0.39 is 17.6 Å². The number of hydrogen-bond acceptors (Lipinski definition) is 1. The van der Waals surface area contributed by atoms with Crippen LogP contribution in [0.25, 0.3) is 0 Å². The maximum atomic E-state index is 13.4. The van der Waals surface area contributed by atoms with Gasteiger partial charge in [-0.15, -0.1) is 0 Å². The van der Waals surface area contributed by atoms with Crippen molar-refractivity contribution in [1.29, 1.82) is 0 Å². The molecule has 1 aromatic carbocycles. The van der Waals surface area contributed by atoms with Crippen molar-refractivity contribution in [2.75, 3.05) is 7.05 Å². The number of rotatable bonds is 3. The molecule has 1 aliphatic carbocycles. The molecule has 1 aliphatic rings. The van der Waals surface area contributed by atoms with Gasteiger partial charge in [0.25, 0.3) is 0 Å². The summed E-state index contributed by atoms with van der Waals surface area (Å²) in [6.07, 6.45) is -0.484. The van der Waals surface area contributed by atoms with Crippen LogP contribution >= 0.6 is 0 Å². The summed E-state index contributed by atoms with van der Waals surface area (Å²) in [4.78, 5) is 0. The number of benzene rings is 1. The molecule has 0 saturated heterocycles. The number of halogens is 4. The molecule has 0 bridgehead atoms. The van der Waals surface area contributed by atoms with E-state index >= 15 is 0 Å². The Morgan fingerprint density at radius 2 is 1.76 bits per heavy atom. The molecule has 1 nitrogen and oxygen atoms in total. The van der Waals surface area contributed by atoms with Gasteiger partial charge >= 0.3 is 6.18 Å². The number of nitrogens with one attached hydrogen (secondary N) is 1. The first-order chi connectivity index (χ1) is 9.82. The van der Waals surface area contributed by atoms with Crippen LogP contribution in [0.4, 0.5) is 17.6 Å². The first kappa shape index (κ1) is 16.3. The second-order valence-corrected chi connectivity index (χ2v) is 6.02. The highest BCUT2D eigenvalue weighted by Crippen LogP contribution is 2.39. The van der Waals surface area contributed by atoms with E-state index in [0.717, 1.165) is 37.8 Å². The van der Waals surface area contributed by atoms with E-state index in [0.29, 0.717) is 17.4 Å². The maximum absolute atomic E-state index is 13.4. The Hall–Kier alpha value is -1.10. The third kappa shape index (κ3) is 3.76. The Kier molecular flexibility index (Phi) is 4.91. The van der Waals surface area contributed by atoms with E-state index in [1.807, 2.05) is 0 Å². The van der Waals surface area contributed by atoms with E-state index in [-0.39, 0.29) is 6.04 Å². The second-order valence-electron chi connectivity index (χ2n) is 6.02. The van der Waals surface area contributed by atoms with Gasteiger partial charge in [-0.25, -0.2) is 4.39 Å².